The monoisotopic (exact) mass is 278 g/mol. The van der Waals surface area contributed by atoms with Gasteiger partial charge in [-0.05, 0) is 40.0 Å². The van der Waals surface area contributed by atoms with E-state index in [2.05, 4.69) is 15.2 Å². The van der Waals surface area contributed by atoms with Crippen LogP contribution < -0.4 is 11.1 Å². The van der Waals surface area contributed by atoms with Crippen LogP contribution in [0.25, 0.3) is 0 Å². The minimum Gasteiger partial charge on any atom is -0.351 e. The van der Waals surface area contributed by atoms with Crippen molar-refractivity contribution in [2.24, 2.45) is 5.73 Å². The maximum absolute atomic E-state index is 12.0. The summed E-state index contributed by atoms with van der Waals surface area (Å²) in [5.74, 6) is 0.0285. The molecule has 1 amide bonds. The number of carbonyl (C=O) groups is 1. The van der Waals surface area contributed by atoms with Crippen LogP contribution in [0, 0.1) is 0 Å². The Labute approximate surface area is 121 Å². The zero-order valence-electron chi connectivity index (χ0n) is 12.9. The van der Waals surface area contributed by atoms with Gasteiger partial charge in [-0.15, -0.1) is 0 Å². The molecule has 1 unspecified atom stereocenters. The first-order valence-electron chi connectivity index (χ1n) is 6.93. The summed E-state index contributed by atoms with van der Waals surface area (Å²) in [4.78, 5) is 18.3. The lowest BCUT2D eigenvalue weighted by Crippen LogP contribution is -2.46. The molecule has 1 heterocycles. The molecule has 112 valence electrons. The molecule has 3 N–H and O–H groups in total. The third-order valence-corrected chi connectivity index (χ3v) is 2.97. The van der Waals surface area contributed by atoms with E-state index in [9.17, 15) is 4.79 Å². The fraction of sp³-hybridized carbons (Fsp3) is 0.600. The second-order valence-electron chi connectivity index (χ2n) is 6.13. The molecule has 0 aliphatic carbocycles. The maximum Gasteiger partial charge on any atom is 0.222 e. The molecule has 1 rings (SSSR count). The summed E-state index contributed by atoms with van der Waals surface area (Å²) < 4.78 is 0. The van der Waals surface area contributed by atoms with Crippen LogP contribution in [0.2, 0.25) is 0 Å². The summed E-state index contributed by atoms with van der Waals surface area (Å²) >= 11 is 0. The lowest BCUT2D eigenvalue weighted by atomic mass is 10.1. The van der Waals surface area contributed by atoms with Gasteiger partial charge in [0.05, 0.1) is 5.69 Å². The van der Waals surface area contributed by atoms with Crippen LogP contribution in [0.1, 0.15) is 32.9 Å². The van der Waals surface area contributed by atoms with Gasteiger partial charge in [0.1, 0.15) is 0 Å². The summed E-state index contributed by atoms with van der Waals surface area (Å²) in [6.07, 6.45) is 2.17. The molecule has 5 heteroatoms. The van der Waals surface area contributed by atoms with Gasteiger partial charge in [0.2, 0.25) is 5.91 Å². The third-order valence-electron chi connectivity index (χ3n) is 2.97. The van der Waals surface area contributed by atoms with Gasteiger partial charge in [-0.2, -0.15) is 0 Å². The van der Waals surface area contributed by atoms with Crippen molar-refractivity contribution in [2.75, 3.05) is 13.6 Å². The molecule has 0 radical (unpaired) electrons. The van der Waals surface area contributed by atoms with Crippen LogP contribution in [-0.4, -0.2) is 41.0 Å². The van der Waals surface area contributed by atoms with Crippen LogP contribution in [0.15, 0.2) is 24.4 Å². The standard InChI is InChI=1S/C15H26N4O/c1-15(2,3)18-14(20)9-13(10-16)19(4)11-12-7-5-6-8-17-12/h5-8,13H,9-11,16H2,1-4H3,(H,18,20). The predicted octanol–water partition coefficient (Wildman–Crippen LogP) is 1.15. The summed E-state index contributed by atoms with van der Waals surface area (Å²) in [6.45, 7) is 7.05. The van der Waals surface area contributed by atoms with Crippen molar-refractivity contribution < 1.29 is 4.79 Å². The molecule has 0 aliphatic rings. The topological polar surface area (TPSA) is 71.2 Å². The van der Waals surface area contributed by atoms with Gasteiger partial charge >= 0.3 is 0 Å². The molecular formula is C15H26N4O. The molecule has 0 spiro atoms. The normalized spacial score (nSPS) is 13.3. The van der Waals surface area contributed by atoms with Crippen LogP contribution in [0.5, 0.6) is 0 Å². The molecular weight excluding hydrogens is 252 g/mol. The quantitative estimate of drug-likeness (QED) is 0.819. The molecule has 20 heavy (non-hydrogen) atoms. The predicted molar refractivity (Wildman–Crippen MR) is 81.1 cm³/mol. The second kappa shape index (κ2) is 7.36. The van der Waals surface area contributed by atoms with E-state index in [-0.39, 0.29) is 17.5 Å². The summed E-state index contributed by atoms with van der Waals surface area (Å²) in [5.41, 5.74) is 6.56. The van der Waals surface area contributed by atoms with Crippen molar-refractivity contribution in [3.8, 4) is 0 Å². The smallest absolute Gasteiger partial charge is 0.222 e. The van der Waals surface area contributed by atoms with Crippen molar-refractivity contribution in [1.82, 2.24) is 15.2 Å². The van der Waals surface area contributed by atoms with Gasteiger partial charge in [-0.25, -0.2) is 0 Å². The number of carbonyl (C=O) groups excluding carboxylic acids is 1. The molecule has 5 nitrogen and oxygen atoms in total. The minimum atomic E-state index is -0.213. The molecule has 1 atom stereocenters. The van der Waals surface area contributed by atoms with Crippen LogP contribution in [0.4, 0.5) is 0 Å². The number of rotatable bonds is 6. The molecule has 0 saturated carbocycles. The molecule has 0 bridgehead atoms. The fourth-order valence-electron chi connectivity index (χ4n) is 1.98. The van der Waals surface area contributed by atoms with E-state index < -0.39 is 0 Å². The number of nitrogens with one attached hydrogen (secondary N) is 1. The van der Waals surface area contributed by atoms with E-state index in [1.54, 1.807) is 6.20 Å². The van der Waals surface area contributed by atoms with E-state index >= 15 is 0 Å². The Bertz CT molecular complexity index is 414. The van der Waals surface area contributed by atoms with Crippen molar-refractivity contribution >= 4 is 5.91 Å². The first-order chi connectivity index (χ1) is 9.31. The lowest BCUT2D eigenvalue weighted by Gasteiger charge is -2.28. The minimum absolute atomic E-state index is 0.0133. The van der Waals surface area contributed by atoms with Crippen molar-refractivity contribution in [3.63, 3.8) is 0 Å². The van der Waals surface area contributed by atoms with Crippen LogP contribution in [-0.2, 0) is 11.3 Å². The summed E-state index contributed by atoms with van der Waals surface area (Å²) in [6, 6.07) is 5.83. The largest absolute Gasteiger partial charge is 0.351 e. The zero-order chi connectivity index (χ0) is 15.2. The van der Waals surface area contributed by atoms with E-state index in [4.69, 9.17) is 5.73 Å². The highest BCUT2D eigenvalue weighted by atomic mass is 16.1. The van der Waals surface area contributed by atoms with Gasteiger partial charge < -0.3 is 11.1 Å². The average molecular weight is 278 g/mol. The van der Waals surface area contributed by atoms with Gasteiger partial charge in [-0.1, -0.05) is 6.07 Å². The molecule has 0 aromatic carbocycles. The molecule has 0 saturated heterocycles. The Morgan fingerprint density at radius 1 is 1.45 bits per heavy atom. The molecule has 0 aliphatic heterocycles. The van der Waals surface area contributed by atoms with E-state index in [0.717, 1.165) is 5.69 Å². The van der Waals surface area contributed by atoms with Crippen molar-refractivity contribution in [2.45, 2.75) is 45.3 Å². The molecule has 1 aromatic heterocycles. The Hall–Kier alpha value is -1.46. The highest BCUT2D eigenvalue weighted by Crippen LogP contribution is 2.08. The number of nitrogens with two attached hydrogens (primary N) is 1. The molecule has 0 fully saturated rings. The van der Waals surface area contributed by atoms with Gasteiger partial charge in [0.15, 0.2) is 0 Å². The third kappa shape index (κ3) is 6.12. The number of aromatic nitrogens is 1. The van der Waals surface area contributed by atoms with Crippen LogP contribution in [0.3, 0.4) is 0 Å². The number of amides is 1. The Kier molecular flexibility index (Phi) is 6.10. The van der Waals surface area contributed by atoms with Crippen molar-refractivity contribution in [1.29, 1.82) is 0 Å². The fourth-order valence-corrected chi connectivity index (χ4v) is 1.98. The van der Waals surface area contributed by atoms with Gasteiger partial charge in [0, 0.05) is 37.3 Å². The number of pyridine rings is 1. The summed E-state index contributed by atoms with van der Waals surface area (Å²) in [5, 5.41) is 2.97. The van der Waals surface area contributed by atoms with Gasteiger partial charge in [-0.3, -0.25) is 14.7 Å². The molecule has 1 aromatic rings. The van der Waals surface area contributed by atoms with E-state index in [0.29, 0.717) is 19.5 Å². The van der Waals surface area contributed by atoms with Crippen LogP contribution >= 0.6 is 0 Å². The van der Waals surface area contributed by atoms with Gasteiger partial charge in [0.25, 0.3) is 0 Å². The van der Waals surface area contributed by atoms with E-state index in [1.807, 2.05) is 46.0 Å². The Morgan fingerprint density at radius 3 is 2.65 bits per heavy atom. The highest BCUT2D eigenvalue weighted by molar-refractivity contribution is 5.77. The Balaban J connectivity index is 2.55. The SMILES string of the molecule is CN(Cc1ccccn1)C(CN)CC(=O)NC(C)(C)C. The zero-order valence-corrected chi connectivity index (χ0v) is 12.9. The number of likely N-dealkylation sites (N-methyl/N-ethyl adjacent to an activating group) is 1. The number of nitrogens with zero attached hydrogens (tertiary/aromatic N) is 2. The number of hydrogen-bond acceptors (Lipinski definition) is 4. The number of hydrogen-bond donors (Lipinski definition) is 2. The first-order valence-corrected chi connectivity index (χ1v) is 6.93. The van der Waals surface area contributed by atoms with E-state index in [1.165, 1.54) is 0 Å². The highest BCUT2D eigenvalue weighted by Gasteiger charge is 2.20. The Morgan fingerprint density at radius 2 is 2.15 bits per heavy atom. The lowest BCUT2D eigenvalue weighted by molar-refractivity contribution is -0.123. The summed E-state index contributed by atoms with van der Waals surface area (Å²) in [7, 11) is 1.97. The average Bonchev–Trinajstić information content (AvgIpc) is 2.35. The van der Waals surface area contributed by atoms with Crippen molar-refractivity contribution in [3.05, 3.63) is 30.1 Å². The first kappa shape index (κ1) is 16.6. The second-order valence-corrected chi connectivity index (χ2v) is 6.13. The maximum atomic E-state index is 12.0.